The molecular weight excluding hydrogens is 439 g/mol. The first-order chi connectivity index (χ1) is 16.0. The number of fused-ring (bicyclic) bond motifs is 1. The van der Waals surface area contributed by atoms with Crippen LogP contribution in [0.4, 0.5) is 14.9 Å². The number of carbonyl (C=O) groups excluding carboxylic acids is 3. The van der Waals surface area contributed by atoms with E-state index in [2.05, 4.69) is 10.3 Å². The molecule has 0 fully saturated rings. The summed E-state index contributed by atoms with van der Waals surface area (Å²) in [6, 6.07) is 8.31. The minimum absolute atomic E-state index is 0.0917. The Balaban J connectivity index is 1.76. The van der Waals surface area contributed by atoms with Crippen LogP contribution in [-0.2, 0) is 27.2 Å². The molecule has 182 valence electrons. The molecule has 1 aliphatic rings. The maximum absolute atomic E-state index is 14.3. The molecule has 1 aromatic carbocycles. The van der Waals surface area contributed by atoms with Crippen LogP contribution in [0, 0.1) is 5.82 Å². The van der Waals surface area contributed by atoms with Crippen molar-refractivity contribution in [3.8, 4) is 0 Å². The normalized spacial score (nSPS) is 16.5. The first kappa shape index (κ1) is 25.1. The number of carbonyl (C=O) groups is 3. The van der Waals surface area contributed by atoms with Crippen LogP contribution in [0.3, 0.4) is 0 Å². The van der Waals surface area contributed by atoms with Gasteiger partial charge in [-0.3, -0.25) is 14.6 Å². The fraction of sp³-hybridized carbons (Fsp3) is 0.440. The molecule has 0 aliphatic carbocycles. The maximum atomic E-state index is 14.3. The Morgan fingerprint density at radius 1 is 1.26 bits per heavy atom. The number of aromatic nitrogens is 1. The molecule has 1 aliphatic heterocycles. The molecule has 0 spiro atoms. The lowest BCUT2D eigenvalue weighted by Crippen LogP contribution is -2.53. The van der Waals surface area contributed by atoms with Gasteiger partial charge < -0.3 is 19.9 Å². The molecule has 34 heavy (non-hydrogen) atoms. The topological polar surface area (TPSA) is 91.8 Å². The number of alkyl carbamates (subject to hydrolysis) is 1. The molecule has 3 amide bonds. The zero-order valence-electron chi connectivity index (χ0n) is 20.2. The van der Waals surface area contributed by atoms with Gasteiger partial charge in [-0.05, 0) is 51.0 Å². The standard InChI is InChI=1S/C25H31FN4O4/c1-25(2,3)34-24(33)28-17(13-16-9-6-7-10-18(16)26)14-22(31)29(4)21-15-19-20(11-8-12-27-19)30(5)23(21)32/h6-12,17,21H,13-15H2,1-5H3,(H,28,33)/t17-,21?/m1/s1. The first-order valence-corrected chi connectivity index (χ1v) is 11.2. The predicted molar refractivity (Wildman–Crippen MR) is 126 cm³/mol. The Morgan fingerprint density at radius 3 is 2.65 bits per heavy atom. The zero-order valence-corrected chi connectivity index (χ0v) is 20.2. The van der Waals surface area contributed by atoms with Crippen molar-refractivity contribution in [1.29, 1.82) is 0 Å². The highest BCUT2D eigenvalue weighted by molar-refractivity contribution is 6.01. The van der Waals surface area contributed by atoms with Gasteiger partial charge in [-0.25, -0.2) is 9.18 Å². The Kier molecular flexibility index (Phi) is 7.54. The molecule has 1 N–H and O–H groups in total. The van der Waals surface area contributed by atoms with Crippen molar-refractivity contribution in [3.63, 3.8) is 0 Å². The molecule has 2 atom stereocenters. The summed E-state index contributed by atoms with van der Waals surface area (Å²) >= 11 is 0. The minimum Gasteiger partial charge on any atom is -0.444 e. The number of rotatable bonds is 6. The van der Waals surface area contributed by atoms with Crippen LogP contribution in [0.25, 0.3) is 0 Å². The number of hydrogen-bond acceptors (Lipinski definition) is 5. The summed E-state index contributed by atoms with van der Waals surface area (Å²) in [6.07, 6.45) is 1.20. The van der Waals surface area contributed by atoms with Crippen LogP contribution in [-0.4, -0.2) is 59.6 Å². The van der Waals surface area contributed by atoms with Gasteiger partial charge in [0.2, 0.25) is 11.8 Å². The Labute approximate surface area is 199 Å². The number of nitrogens with zero attached hydrogens (tertiary/aromatic N) is 3. The molecule has 1 unspecified atom stereocenters. The van der Waals surface area contributed by atoms with Crippen molar-refractivity contribution in [1.82, 2.24) is 15.2 Å². The highest BCUT2D eigenvalue weighted by atomic mass is 19.1. The average Bonchev–Trinajstić information content (AvgIpc) is 2.76. The van der Waals surface area contributed by atoms with Crippen molar-refractivity contribution >= 4 is 23.6 Å². The van der Waals surface area contributed by atoms with E-state index in [0.717, 1.165) is 5.69 Å². The van der Waals surface area contributed by atoms with Crippen molar-refractivity contribution in [2.24, 2.45) is 0 Å². The summed E-state index contributed by atoms with van der Waals surface area (Å²) in [5.41, 5.74) is 1.08. The van der Waals surface area contributed by atoms with Crippen molar-refractivity contribution in [3.05, 3.63) is 59.7 Å². The molecule has 1 aromatic heterocycles. The number of nitrogens with one attached hydrogen (secondary N) is 1. The van der Waals surface area contributed by atoms with E-state index in [9.17, 15) is 18.8 Å². The second-order valence-corrected chi connectivity index (χ2v) is 9.43. The molecule has 0 radical (unpaired) electrons. The molecule has 3 rings (SSSR count). The van der Waals surface area contributed by atoms with Gasteiger partial charge in [0.1, 0.15) is 17.5 Å². The second-order valence-electron chi connectivity index (χ2n) is 9.43. The van der Waals surface area contributed by atoms with Gasteiger partial charge in [-0.15, -0.1) is 0 Å². The van der Waals surface area contributed by atoms with E-state index in [1.165, 1.54) is 15.9 Å². The smallest absolute Gasteiger partial charge is 0.407 e. The zero-order chi connectivity index (χ0) is 25.0. The van der Waals surface area contributed by atoms with Gasteiger partial charge in [-0.1, -0.05) is 18.2 Å². The molecule has 0 saturated carbocycles. The first-order valence-electron chi connectivity index (χ1n) is 11.2. The molecule has 0 bridgehead atoms. The van der Waals surface area contributed by atoms with Crippen molar-refractivity contribution in [2.45, 2.75) is 57.7 Å². The van der Waals surface area contributed by atoms with Gasteiger partial charge in [0.25, 0.3) is 0 Å². The molecule has 2 aromatic rings. The van der Waals surface area contributed by atoms with E-state index in [1.54, 1.807) is 65.3 Å². The molecule has 2 heterocycles. The average molecular weight is 471 g/mol. The van der Waals surface area contributed by atoms with Gasteiger partial charge in [0.05, 0.1) is 11.4 Å². The fourth-order valence-electron chi connectivity index (χ4n) is 3.91. The van der Waals surface area contributed by atoms with Crippen LogP contribution in [0.1, 0.15) is 38.4 Å². The third-order valence-corrected chi connectivity index (χ3v) is 5.66. The summed E-state index contributed by atoms with van der Waals surface area (Å²) in [4.78, 5) is 45.8. The maximum Gasteiger partial charge on any atom is 0.407 e. The van der Waals surface area contributed by atoms with E-state index >= 15 is 0 Å². The van der Waals surface area contributed by atoms with E-state index < -0.39 is 29.6 Å². The van der Waals surface area contributed by atoms with Crippen molar-refractivity contribution < 1.29 is 23.5 Å². The van der Waals surface area contributed by atoms with Gasteiger partial charge in [0.15, 0.2) is 0 Å². The monoisotopic (exact) mass is 470 g/mol. The molecule has 0 saturated heterocycles. The van der Waals surface area contributed by atoms with Crippen LogP contribution in [0.5, 0.6) is 0 Å². The van der Waals surface area contributed by atoms with E-state index in [4.69, 9.17) is 4.74 Å². The minimum atomic E-state index is -0.733. The summed E-state index contributed by atoms with van der Waals surface area (Å²) < 4.78 is 19.6. The summed E-state index contributed by atoms with van der Waals surface area (Å²) in [5, 5.41) is 2.69. The Bertz CT molecular complexity index is 1070. The van der Waals surface area contributed by atoms with E-state index in [1.807, 2.05) is 6.07 Å². The van der Waals surface area contributed by atoms with Gasteiger partial charge >= 0.3 is 6.09 Å². The lowest BCUT2D eigenvalue weighted by atomic mass is 9.99. The van der Waals surface area contributed by atoms with Crippen LogP contribution < -0.4 is 10.2 Å². The number of ether oxygens (including phenoxy) is 1. The summed E-state index contributed by atoms with van der Waals surface area (Å²) in [6.45, 7) is 5.19. The van der Waals surface area contributed by atoms with Crippen LogP contribution in [0.2, 0.25) is 0 Å². The largest absolute Gasteiger partial charge is 0.444 e. The number of hydrogen-bond donors (Lipinski definition) is 1. The summed E-state index contributed by atoms with van der Waals surface area (Å²) in [5.74, 6) is -1.00. The highest BCUT2D eigenvalue weighted by Crippen LogP contribution is 2.27. The highest BCUT2D eigenvalue weighted by Gasteiger charge is 2.36. The van der Waals surface area contributed by atoms with Crippen LogP contribution >= 0.6 is 0 Å². The third-order valence-electron chi connectivity index (χ3n) is 5.66. The number of amides is 3. The Morgan fingerprint density at radius 2 is 1.97 bits per heavy atom. The van der Waals surface area contributed by atoms with E-state index in [0.29, 0.717) is 17.7 Å². The number of pyridine rings is 1. The van der Waals surface area contributed by atoms with Crippen LogP contribution in [0.15, 0.2) is 42.6 Å². The Hall–Kier alpha value is -3.49. The predicted octanol–water partition coefficient (Wildman–Crippen LogP) is 3.09. The SMILES string of the molecule is CN1C(=O)C(N(C)C(=O)C[C@@H](Cc2ccccc2F)NC(=O)OC(C)(C)C)Cc2ncccc21. The lowest BCUT2D eigenvalue weighted by Gasteiger charge is -2.36. The molecular formula is C25H31FN4O4. The number of anilines is 1. The van der Waals surface area contributed by atoms with Gasteiger partial charge in [-0.2, -0.15) is 0 Å². The van der Waals surface area contributed by atoms with E-state index in [-0.39, 0.29) is 24.7 Å². The van der Waals surface area contributed by atoms with Gasteiger partial charge in [0, 0.05) is 39.2 Å². The number of halogens is 1. The number of likely N-dealkylation sites (N-methyl/N-ethyl adjacent to an activating group) is 2. The second kappa shape index (κ2) is 10.2. The fourth-order valence-corrected chi connectivity index (χ4v) is 3.91. The molecule has 9 heteroatoms. The quantitative estimate of drug-likeness (QED) is 0.701. The van der Waals surface area contributed by atoms with Crippen molar-refractivity contribution in [2.75, 3.05) is 19.0 Å². The third kappa shape index (κ3) is 6.09. The lowest BCUT2D eigenvalue weighted by molar-refractivity contribution is -0.138. The number of benzene rings is 1. The molecule has 8 nitrogen and oxygen atoms in total. The summed E-state index contributed by atoms with van der Waals surface area (Å²) in [7, 11) is 3.21.